The summed E-state index contributed by atoms with van der Waals surface area (Å²) < 4.78 is 10.9. The molecule has 1 aliphatic heterocycles. The van der Waals surface area contributed by atoms with Gasteiger partial charge in [-0.15, -0.1) is 0 Å². The smallest absolute Gasteiger partial charge is 0.298 e. The summed E-state index contributed by atoms with van der Waals surface area (Å²) in [6.45, 7) is 3.17. The molecular formula is C16H16ClN5O2. The van der Waals surface area contributed by atoms with Crippen molar-refractivity contribution in [2.45, 2.75) is 0 Å². The van der Waals surface area contributed by atoms with Crippen molar-refractivity contribution in [2.75, 3.05) is 43.1 Å². The van der Waals surface area contributed by atoms with Crippen LogP contribution in [0.25, 0.3) is 11.1 Å². The van der Waals surface area contributed by atoms with Crippen LogP contribution in [0.3, 0.4) is 0 Å². The number of rotatable bonds is 3. The van der Waals surface area contributed by atoms with E-state index in [4.69, 9.17) is 20.8 Å². The maximum atomic E-state index is 5.99. The number of halogens is 1. The van der Waals surface area contributed by atoms with Gasteiger partial charge in [0.1, 0.15) is 5.52 Å². The fourth-order valence-corrected chi connectivity index (χ4v) is 2.86. The van der Waals surface area contributed by atoms with E-state index < -0.39 is 0 Å². The van der Waals surface area contributed by atoms with Crippen molar-refractivity contribution >= 4 is 34.7 Å². The van der Waals surface area contributed by atoms with Gasteiger partial charge in [-0.25, -0.2) is 9.97 Å². The summed E-state index contributed by atoms with van der Waals surface area (Å²) in [5, 5.41) is 0.645. The molecule has 8 heteroatoms. The van der Waals surface area contributed by atoms with Crippen LogP contribution in [0.4, 0.5) is 12.0 Å². The summed E-state index contributed by atoms with van der Waals surface area (Å²) in [4.78, 5) is 17.5. The summed E-state index contributed by atoms with van der Waals surface area (Å²) >= 11 is 5.99. The van der Waals surface area contributed by atoms with Crippen LogP contribution < -0.4 is 14.5 Å². The van der Waals surface area contributed by atoms with Gasteiger partial charge in [-0.3, -0.25) is 0 Å². The van der Waals surface area contributed by atoms with E-state index in [1.807, 2.05) is 12.1 Å². The van der Waals surface area contributed by atoms with Crippen molar-refractivity contribution in [1.29, 1.82) is 0 Å². The lowest BCUT2D eigenvalue weighted by Gasteiger charge is -2.33. The van der Waals surface area contributed by atoms with E-state index in [-0.39, 0.29) is 0 Å². The lowest BCUT2D eigenvalue weighted by Crippen LogP contribution is -2.47. The molecule has 1 aliphatic rings. The SMILES string of the molecule is COc1cnc(N2CCN(c3nc4ccc(Cl)cc4o3)CC2)nc1. The number of hydrogen-bond donors (Lipinski definition) is 0. The Labute approximate surface area is 143 Å². The van der Waals surface area contributed by atoms with Crippen LogP contribution in [0.5, 0.6) is 5.75 Å². The van der Waals surface area contributed by atoms with Gasteiger partial charge in [0.25, 0.3) is 6.01 Å². The van der Waals surface area contributed by atoms with Crippen LogP contribution in [-0.4, -0.2) is 48.2 Å². The molecule has 7 nitrogen and oxygen atoms in total. The molecule has 3 heterocycles. The van der Waals surface area contributed by atoms with Gasteiger partial charge in [0.05, 0.1) is 19.5 Å². The second-order valence-corrected chi connectivity index (χ2v) is 5.94. The van der Waals surface area contributed by atoms with E-state index in [0.29, 0.717) is 28.3 Å². The Balaban J connectivity index is 1.46. The van der Waals surface area contributed by atoms with Crippen LogP contribution >= 0.6 is 11.6 Å². The van der Waals surface area contributed by atoms with Gasteiger partial charge in [-0.1, -0.05) is 11.6 Å². The summed E-state index contributed by atoms with van der Waals surface area (Å²) in [5.41, 5.74) is 1.52. The second kappa shape index (κ2) is 6.16. The fourth-order valence-electron chi connectivity index (χ4n) is 2.70. The zero-order chi connectivity index (χ0) is 16.5. The number of oxazole rings is 1. The highest BCUT2D eigenvalue weighted by molar-refractivity contribution is 6.31. The van der Waals surface area contributed by atoms with Crippen LogP contribution in [-0.2, 0) is 0 Å². The highest BCUT2D eigenvalue weighted by Gasteiger charge is 2.22. The molecule has 0 unspecified atom stereocenters. The van der Waals surface area contributed by atoms with Gasteiger partial charge in [0.15, 0.2) is 11.3 Å². The van der Waals surface area contributed by atoms with Gasteiger partial charge >= 0.3 is 0 Å². The van der Waals surface area contributed by atoms with Gasteiger partial charge in [-0.2, -0.15) is 4.98 Å². The number of hydrogen-bond acceptors (Lipinski definition) is 7. The minimum Gasteiger partial charge on any atom is -0.494 e. The van der Waals surface area contributed by atoms with Gasteiger partial charge in [-0.05, 0) is 12.1 Å². The van der Waals surface area contributed by atoms with Crippen molar-refractivity contribution in [3.05, 3.63) is 35.6 Å². The highest BCUT2D eigenvalue weighted by atomic mass is 35.5. The number of piperazine rings is 1. The van der Waals surface area contributed by atoms with E-state index in [0.717, 1.165) is 31.7 Å². The third-order valence-corrected chi connectivity index (χ3v) is 4.26. The molecule has 24 heavy (non-hydrogen) atoms. The monoisotopic (exact) mass is 345 g/mol. The molecule has 0 bridgehead atoms. The quantitative estimate of drug-likeness (QED) is 0.722. The van der Waals surface area contributed by atoms with Crippen LogP contribution in [0.2, 0.25) is 5.02 Å². The first-order valence-corrected chi connectivity index (χ1v) is 8.03. The van der Waals surface area contributed by atoms with Crippen LogP contribution in [0.1, 0.15) is 0 Å². The van der Waals surface area contributed by atoms with Gasteiger partial charge < -0.3 is 19.0 Å². The summed E-state index contributed by atoms with van der Waals surface area (Å²) in [7, 11) is 1.60. The Kier molecular flexibility index (Phi) is 3.86. The minimum absolute atomic E-state index is 0.627. The molecule has 4 rings (SSSR count). The Morgan fingerprint density at radius 1 is 1.08 bits per heavy atom. The first kappa shape index (κ1) is 15.0. The number of anilines is 2. The number of nitrogens with zero attached hydrogens (tertiary/aromatic N) is 5. The molecule has 3 aromatic rings. The Morgan fingerprint density at radius 3 is 2.50 bits per heavy atom. The van der Waals surface area contributed by atoms with E-state index >= 15 is 0 Å². The van der Waals surface area contributed by atoms with E-state index in [1.165, 1.54) is 0 Å². The van der Waals surface area contributed by atoms with Crippen molar-refractivity contribution in [3.8, 4) is 5.75 Å². The van der Waals surface area contributed by atoms with E-state index in [9.17, 15) is 0 Å². The minimum atomic E-state index is 0.627. The number of ether oxygens (including phenoxy) is 1. The lowest BCUT2D eigenvalue weighted by atomic mass is 10.3. The topological polar surface area (TPSA) is 67.5 Å². The van der Waals surface area contributed by atoms with Crippen LogP contribution in [0, 0.1) is 0 Å². The number of fused-ring (bicyclic) bond motifs is 1. The first-order valence-electron chi connectivity index (χ1n) is 7.65. The maximum Gasteiger partial charge on any atom is 0.298 e. The average Bonchev–Trinajstić information content (AvgIpc) is 3.05. The Morgan fingerprint density at radius 2 is 1.79 bits per heavy atom. The lowest BCUT2D eigenvalue weighted by molar-refractivity contribution is 0.410. The average molecular weight is 346 g/mol. The Hall–Kier alpha value is -2.54. The maximum absolute atomic E-state index is 5.99. The molecule has 0 radical (unpaired) electrons. The molecule has 0 spiro atoms. The van der Waals surface area contributed by atoms with Gasteiger partial charge in [0, 0.05) is 37.3 Å². The molecule has 1 aromatic carbocycles. The van der Waals surface area contributed by atoms with Crippen molar-refractivity contribution in [1.82, 2.24) is 15.0 Å². The molecule has 1 fully saturated rings. The predicted octanol–water partition coefficient (Wildman–Crippen LogP) is 2.61. The second-order valence-electron chi connectivity index (χ2n) is 5.51. The van der Waals surface area contributed by atoms with Crippen molar-refractivity contribution in [2.24, 2.45) is 0 Å². The van der Waals surface area contributed by atoms with E-state index in [2.05, 4.69) is 24.8 Å². The summed E-state index contributed by atoms with van der Waals surface area (Å²) in [6, 6.07) is 6.10. The number of methoxy groups -OCH3 is 1. The highest BCUT2D eigenvalue weighted by Crippen LogP contribution is 2.25. The predicted molar refractivity (Wildman–Crippen MR) is 92.0 cm³/mol. The molecule has 0 saturated carbocycles. The molecule has 1 saturated heterocycles. The van der Waals surface area contributed by atoms with Crippen molar-refractivity contribution in [3.63, 3.8) is 0 Å². The molecular weight excluding hydrogens is 330 g/mol. The standard InChI is InChI=1S/C16H16ClN5O2/c1-23-12-9-18-15(19-10-12)21-4-6-22(7-5-21)16-20-13-3-2-11(17)8-14(13)24-16/h2-3,8-10H,4-7H2,1H3. The zero-order valence-corrected chi connectivity index (χ0v) is 13.9. The zero-order valence-electron chi connectivity index (χ0n) is 13.1. The summed E-state index contributed by atoms with van der Waals surface area (Å²) in [5.74, 6) is 1.36. The normalized spacial score (nSPS) is 15.1. The molecule has 0 aliphatic carbocycles. The summed E-state index contributed by atoms with van der Waals surface area (Å²) in [6.07, 6.45) is 3.36. The van der Waals surface area contributed by atoms with E-state index in [1.54, 1.807) is 25.6 Å². The number of benzene rings is 1. The largest absolute Gasteiger partial charge is 0.494 e. The Bertz CT molecular complexity index is 843. The third kappa shape index (κ3) is 2.82. The van der Waals surface area contributed by atoms with Crippen LogP contribution in [0.15, 0.2) is 35.0 Å². The third-order valence-electron chi connectivity index (χ3n) is 4.02. The molecule has 0 N–H and O–H groups in total. The molecule has 0 amide bonds. The molecule has 0 atom stereocenters. The first-order chi connectivity index (χ1) is 11.7. The molecule has 2 aromatic heterocycles. The van der Waals surface area contributed by atoms with Gasteiger partial charge in [0.2, 0.25) is 5.95 Å². The molecule has 124 valence electrons. The fraction of sp³-hybridized carbons (Fsp3) is 0.312. The van der Waals surface area contributed by atoms with Crippen molar-refractivity contribution < 1.29 is 9.15 Å². The number of aromatic nitrogens is 3.